The highest BCUT2D eigenvalue weighted by Crippen LogP contribution is 2.29. The van der Waals surface area contributed by atoms with Gasteiger partial charge in [-0.15, -0.1) is 0 Å². The lowest BCUT2D eigenvalue weighted by Crippen LogP contribution is -2.50. The fourth-order valence-corrected chi connectivity index (χ4v) is 3.07. The summed E-state index contributed by atoms with van der Waals surface area (Å²) in [5, 5.41) is 0. The monoisotopic (exact) mass is 372 g/mol. The van der Waals surface area contributed by atoms with Crippen LogP contribution >= 0.6 is 0 Å². The molecule has 0 unspecified atom stereocenters. The molecule has 0 atom stereocenters. The van der Waals surface area contributed by atoms with Gasteiger partial charge in [0, 0.05) is 45.5 Å². The van der Waals surface area contributed by atoms with E-state index in [0.29, 0.717) is 38.5 Å². The van der Waals surface area contributed by atoms with Gasteiger partial charge in [0.05, 0.1) is 12.1 Å². The molecule has 1 aromatic heterocycles. The molecule has 1 saturated heterocycles. The molecule has 2 rings (SSSR count). The third-order valence-electron chi connectivity index (χ3n) is 4.47. The molecule has 1 aromatic rings. The Morgan fingerprint density at radius 3 is 2.19 bits per heavy atom. The summed E-state index contributed by atoms with van der Waals surface area (Å²) in [6, 6.07) is 2.47. The van der Waals surface area contributed by atoms with Gasteiger partial charge in [-0.2, -0.15) is 13.2 Å². The number of piperazine rings is 1. The van der Waals surface area contributed by atoms with Gasteiger partial charge in [0.2, 0.25) is 5.91 Å². The summed E-state index contributed by atoms with van der Waals surface area (Å²) in [5.74, 6) is 0.692. The summed E-state index contributed by atoms with van der Waals surface area (Å²) in [5.41, 5.74) is -0.738. The number of hydrogen-bond acceptors (Lipinski definition) is 4. The SMILES string of the molecule is CCCN(CCC)C(=O)CN1CCN(c2ccc(C(F)(F)F)cn2)CC1. The second kappa shape index (κ2) is 9.21. The predicted molar refractivity (Wildman–Crippen MR) is 95.1 cm³/mol. The number of alkyl halides is 3. The molecule has 1 amide bonds. The smallest absolute Gasteiger partial charge is 0.354 e. The molecule has 0 aromatic carbocycles. The third kappa shape index (κ3) is 5.59. The molecule has 2 heterocycles. The van der Waals surface area contributed by atoms with Gasteiger partial charge in [0.25, 0.3) is 0 Å². The van der Waals surface area contributed by atoms with Gasteiger partial charge in [0.15, 0.2) is 0 Å². The number of hydrogen-bond donors (Lipinski definition) is 0. The Kier molecular flexibility index (Phi) is 7.25. The summed E-state index contributed by atoms with van der Waals surface area (Å²) < 4.78 is 37.8. The van der Waals surface area contributed by atoms with Gasteiger partial charge < -0.3 is 9.80 Å². The van der Waals surface area contributed by atoms with E-state index in [1.54, 1.807) is 0 Å². The van der Waals surface area contributed by atoms with E-state index in [1.807, 2.05) is 9.80 Å². The van der Waals surface area contributed by atoms with Crippen molar-refractivity contribution >= 4 is 11.7 Å². The minimum absolute atomic E-state index is 0.148. The van der Waals surface area contributed by atoms with Crippen molar-refractivity contribution in [2.24, 2.45) is 0 Å². The third-order valence-corrected chi connectivity index (χ3v) is 4.47. The van der Waals surface area contributed by atoms with E-state index >= 15 is 0 Å². The average molecular weight is 372 g/mol. The maximum absolute atomic E-state index is 12.6. The lowest BCUT2D eigenvalue weighted by atomic mass is 10.2. The standard InChI is InChI=1S/C18H27F3N4O/c1-3-7-25(8-4-2)17(26)14-23-9-11-24(12-10-23)16-6-5-15(13-22-16)18(19,20)21/h5-6,13H,3-4,7-12,14H2,1-2H3. The van der Waals surface area contributed by atoms with Gasteiger partial charge in [-0.05, 0) is 25.0 Å². The molecule has 0 saturated carbocycles. The maximum Gasteiger partial charge on any atom is 0.417 e. The first-order chi connectivity index (χ1) is 12.3. The van der Waals surface area contributed by atoms with Crippen LogP contribution in [-0.4, -0.2) is 66.5 Å². The molecule has 0 bridgehead atoms. The first kappa shape index (κ1) is 20.5. The number of rotatable bonds is 7. The van der Waals surface area contributed by atoms with E-state index in [2.05, 4.69) is 23.7 Å². The van der Waals surface area contributed by atoms with Crippen molar-refractivity contribution in [1.82, 2.24) is 14.8 Å². The summed E-state index contributed by atoms with van der Waals surface area (Å²) in [4.78, 5) is 22.3. The molecule has 1 fully saturated rings. The normalized spacial score (nSPS) is 16.0. The summed E-state index contributed by atoms with van der Waals surface area (Å²) in [6.07, 6.45) is -1.61. The van der Waals surface area contributed by atoms with Gasteiger partial charge >= 0.3 is 6.18 Å². The average Bonchev–Trinajstić information content (AvgIpc) is 2.61. The zero-order valence-corrected chi connectivity index (χ0v) is 15.4. The van der Waals surface area contributed by atoms with Crippen molar-refractivity contribution in [3.63, 3.8) is 0 Å². The summed E-state index contributed by atoms with van der Waals surface area (Å²) in [6.45, 7) is 8.76. The van der Waals surface area contributed by atoms with Crippen LogP contribution in [0.3, 0.4) is 0 Å². The van der Waals surface area contributed by atoms with E-state index in [9.17, 15) is 18.0 Å². The number of amides is 1. The van der Waals surface area contributed by atoms with Crippen LogP contribution in [0.5, 0.6) is 0 Å². The molecule has 1 aliphatic rings. The summed E-state index contributed by atoms with van der Waals surface area (Å²) >= 11 is 0. The zero-order chi connectivity index (χ0) is 19.2. The molecule has 5 nitrogen and oxygen atoms in total. The minimum atomic E-state index is -4.37. The quantitative estimate of drug-likeness (QED) is 0.738. The van der Waals surface area contributed by atoms with E-state index in [4.69, 9.17) is 0 Å². The molecule has 146 valence electrons. The van der Waals surface area contributed by atoms with E-state index in [0.717, 1.165) is 38.2 Å². The largest absolute Gasteiger partial charge is 0.417 e. The van der Waals surface area contributed by atoms with Crippen molar-refractivity contribution in [2.45, 2.75) is 32.9 Å². The van der Waals surface area contributed by atoms with Crippen LogP contribution in [0.4, 0.5) is 19.0 Å². The number of halogens is 3. The van der Waals surface area contributed by atoms with Crippen molar-refractivity contribution in [3.05, 3.63) is 23.9 Å². The minimum Gasteiger partial charge on any atom is -0.354 e. The van der Waals surface area contributed by atoms with E-state index in [1.165, 1.54) is 6.07 Å². The number of aromatic nitrogens is 1. The van der Waals surface area contributed by atoms with E-state index < -0.39 is 11.7 Å². The number of carbonyl (C=O) groups excluding carboxylic acids is 1. The van der Waals surface area contributed by atoms with Crippen LogP contribution in [0.25, 0.3) is 0 Å². The first-order valence-corrected chi connectivity index (χ1v) is 9.13. The number of pyridine rings is 1. The van der Waals surface area contributed by atoms with Gasteiger partial charge in [-0.25, -0.2) is 4.98 Å². The molecule has 0 aliphatic carbocycles. The lowest BCUT2D eigenvalue weighted by Gasteiger charge is -2.36. The van der Waals surface area contributed by atoms with Crippen LogP contribution in [0.15, 0.2) is 18.3 Å². The maximum atomic E-state index is 12.6. The summed E-state index contributed by atoms with van der Waals surface area (Å²) in [7, 11) is 0. The van der Waals surface area contributed by atoms with Gasteiger partial charge in [-0.1, -0.05) is 13.8 Å². The van der Waals surface area contributed by atoms with Crippen LogP contribution < -0.4 is 4.90 Å². The van der Waals surface area contributed by atoms with Crippen molar-refractivity contribution < 1.29 is 18.0 Å². The highest BCUT2D eigenvalue weighted by atomic mass is 19.4. The lowest BCUT2D eigenvalue weighted by molar-refractivity contribution is -0.137. The van der Waals surface area contributed by atoms with Crippen LogP contribution in [0.2, 0.25) is 0 Å². The predicted octanol–water partition coefficient (Wildman–Crippen LogP) is 2.87. The Hall–Kier alpha value is -1.83. The Bertz CT molecular complexity index is 563. The highest BCUT2D eigenvalue weighted by molar-refractivity contribution is 5.78. The Morgan fingerprint density at radius 2 is 1.73 bits per heavy atom. The molecular weight excluding hydrogens is 345 g/mol. The molecule has 1 aliphatic heterocycles. The molecular formula is C18H27F3N4O. The second-order valence-corrected chi connectivity index (χ2v) is 6.55. The molecule has 26 heavy (non-hydrogen) atoms. The zero-order valence-electron chi connectivity index (χ0n) is 15.4. The Morgan fingerprint density at radius 1 is 1.12 bits per heavy atom. The molecule has 8 heteroatoms. The topological polar surface area (TPSA) is 39.7 Å². The van der Waals surface area contributed by atoms with Crippen molar-refractivity contribution in [1.29, 1.82) is 0 Å². The van der Waals surface area contributed by atoms with E-state index in [-0.39, 0.29) is 5.91 Å². The van der Waals surface area contributed by atoms with Crippen molar-refractivity contribution in [2.75, 3.05) is 50.7 Å². The molecule has 0 radical (unpaired) electrons. The van der Waals surface area contributed by atoms with Crippen LogP contribution in [0.1, 0.15) is 32.3 Å². The number of carbonyl (C=O) groups is 1. The Labute approximate surface area is 152 Å². The van der Waals surface area contributed by atoms with Gasteiger partial charge in [0.1, 0.15) is 5.82 Å². The van der Waals surface area contributed by atoms with Crippen molar-refractivity contribution in [3.8, 4) is 0 Å². The van der Waals surface area contributed by atoms with Crippen LogP contribution in [0, 0.1) is 0 Å². The van der Waals surface area contributed by atoms with Crippen LogP contribution in [-0.2, 0) is 11.0 Å². The fraction of sp³-hybridized carbons (Fsp3) is 0.667. The number of anilines is 1. The molecule has 0 N–H and O–H groups in total. The number of nitrogens with zero attached hydrogens (tertiary/aromatic N) is 4. The highest BCUT2D eigenvalue weighted by Gasteiger charge is 2.31. The van der Waals surface area contributed by atoms with Gasteiger partial charge in [-0.3, -0.25) is 9.69 Å². The second-order valence-electron chi connectivity index (χ2n) is 6.55. The first-order valence-electron chi connectivity index (χ1n) is 9.13. The molecule has 0 spiro atoms. The fourth-order valence-electron chi connectivity index (χ4n) is 3.07. The Balaban J connectivity index is 1.85.